The number of nitrogens with zero attached hydrogens (tertiary/aromatic N) is 2. The Morgan fingerprint density at radius 2 is 2.04 bits per heavy atom. The average Bonchev–Trinajstić information content (AvgIpc) is 3.15. The summed E-state index contributed by atoms with van der Waals surface area (Å²) in [6, 6.07) is 13.3. The number of nitrogens with one attached hydrogen (secondary N) is 1. The maximum Gasteiger partial charge on any atom is 0.261 e. The van der Waals surface area contributed by atoms with E-state index in [0.717, 1.165) is 56.0 Å². The Balaban J connectivity index is 1.51. The van der Waals surface area contributed by atoms with Crippen LogP contribution in [0.15, 0.2) is 41.8 Å². The van der Waals surface area contributed by atoms with E-state index in [2.05, 4.69) is 59.4 Å². The minimum atomic E-state index is 0.0786. The standard InChI is InChI=1S/C21H29N3OS/c1-3-17-10-15-26-20(17)21(25)22-11-7-12-24-14-13-23(2)16-19(24)18-8-5-4-6-9-18/h4-6,8-10,15,19H,3,7,11-14,16H2,1-2H3,(H,22,25)/t19-/m1/s1. The van der Waals surface area contributed by atoms with Gasteiger partial charge < -0.3 is 10.2 Å². The average molecular weight is 372 g/mol. The van der Waals surface area contributed by atoms with E-state index < -0.39 is 0 Å². The van der Waals surface area contributed by atoms with Gasteiger partial charge >= 0.3 is 0 Å². The van der Waals surface area contributed by atoms with Crippen LogP contribution in [0.2, 0.25) is 0 Å². The molecule has 0 saturated carbocycles. The van der Waals surface area contributed by atoms with Gasteiger partial charge in [0.05, 0.1) is 4.88 Å². The van der Waals surface area contributed by atoms with E-state index in [0.29, 0.717) is 6.04 Å². The van der Waals surface area contributed by atoms with Crippen LogP contribution in [0, 0.1) is 0 Å². The van der Waals surface area contributed by atoms with Crippen molar-refractivity contribution in [2.75, 3.05) is 39.8 Å². The summed E-state index contributed by atoms with van der Waals surface area (Å²) >= 11 is 1.54. The van der Waals surface area contributed by atoms with Gasteiger partial charge in [-0.1, -0.05) is 37.3 Å². The molecule has 1 aromatic carbocycles. The van der Waals surface area contributed by atoms with E-state index in [9.17, 15) is 4.79 Å². The lowest BCUT2D eigenvalue weighted by Gasteiger charge is -2.40. The fraction of sp³-hybridized carbons (Fsp3) is 0.476. The van der Waals surface area contributed by atoms with Gasteiger partial charge in [-0.2, -0.15) is 0 Å². The number of likely N-dealkylation sites (N-methyl/N-ethyl adjacent to an activating group) is 1. The molecule has 1 atom stereocenters. The first-order chi connectivity index (χ1) is 12.7. The zero-order valence-electron chi connectivity index (χ0n) is 15.8. The molecule has 1 amide bonds. The summed E-state index contributed by atoms with van der Waals surface area (Å²) in [5.41, 5.74) is 2.53. The van der Waals surface area contributed by atoms with Gasteiger partial charge in [0, 0.05) is 38.8 Å². The van der Waals surface area contributed by atoms with E-state index in [1.807, 2.05) is 11.4 Å². The maximum atomic E-state index is 12.3. The van der Waals surface area contributed by atoms with E-state index in [1.54, 1.807) is 0 Å². The van der Waals surface area contributed by atoms with Gasteiger partial charge in [0.15, 0.2) is 0 Å². The molecule has 1 aliphatic heterocycles. The predicted octanol–water partition coefficient (Wildman–Crippen LogP) is 3.42. The van der Waals surface area contributed by atoms with Crippen molar-refractivity contribution in [2.24, 2.45) is 0 Å². The first-order valence-electron chi connectivity index (χ1n) is 9.51. The predicted molar refractivity (Wildman–Crippen MR) is 109 cm³/mol. The number of aryl methyl sites for hydroxylation is 1. The molecule has 2 heterocycles. The number of benzene rings is 1. The van der Waals surface area contributed by atoms with Crippen LogP contribution in [-0.4, -0.2) is 55.5 Å². The third-order valence-corrected chi connectivity index (χ3v) is 6.08. The molecule has 0 radical (unpaired) electrons. The van der Waals surface area contributed by atoms with Crippen LogP contribution in [0.5, 0.6) is 0 Å². The van der Waals surface area contributed by atoms with Crippen molar-refractivity contribution in [2.45, 2.75) is 25.8 Å². The third-order valence-electron chi connectivity index (χ3n) is 5.12. The second kappa shape index (κ2) is 9.31. The number of hydrogen-bond acceptors (Lipinski definition) is 4. The highest BCUT2D eigenvalue weighted by atomic mass is 32.1. The lowest BCUT2D eigenvalue weighted by Crippen LogP contribution is -2.47. The molecule has 3 rings (SSSR count). The summed E-state index contributed by atoms with van der Waals surface area (Å²) in [6.07, 6.45) is 1.89. The molecule has 5 heteroatoms. The molecule has 0 aliphatic carbocycles. The number of hydrogen-bond donors (Lipinski definition) is 1. The first-order valence-corrected chi connectivity index (χ1v) is 10.4. The zero-order chi connectivity index (χ0) is 18.4. The Morgan fingerprint density at radius 3 is 2.81 bits per heavy atom. The maximum absolute atomic E-state index is 12.3. The number of rotatable bonds is 7. The van der Waals surface area contributed by atoms with Crippen molar-refractivity contribution >= 4 is 17.2 Å². The molecule has 0 unspecified atom stereocenters. The third kappa shape index (κ3) is 4.72. The van der Waals surface area contributed by atoms with E-state index in [-0.39, 0.29) is 5.91 Å². The lowest BCUT2D eigenvalue weighted by atomic mass is 10.0. The Hall–Kier alpha value is -1.69. The molecule has 1 fully saturated rings. The summed E-state index contributed by atoms with van der Waals surface area (Å²) in [5, 5.41) is 5.10. The number of piperazine rings is 1. The highest BCUT2D eigenvalue weighted by Crippen LogP contribution is 2.24. The summed E-state index contributed by atoms with van der Waals surface area (Å²) in [4.78, 5) is 18.2. The normalized spacial score (nSPS) is 18.8. The first kappa shape index (κ1) is 19.1. The van der Waals surface area contributed by atoms with Crippen LogP contribution in [-0.2, 0) is 6.42 Å². The van der Waals surface area contributed by atoms with Crippen LogP contribution in [0.25, 0.3) is 0 Å². The van der Waals surface area contributed by atoms with E-state index in [1.165, 1.54) is 16.9 Å². The topological polar surface area (TPSA) is 35.6 Å². The van der Waals surface area contributed by atoms with Crippen molar-refractivity contribution < 1.29 is 4.79 Å². The Kier molecular flexibility index (Phi) is 6.83. The van der Waals surface area contributed by atoms with Crippen molar-refractivity contribution in [1.82, 2.24) is 15.1 Å². The summed E-state index contributed by atoms with van der Waals surface area (Å²) in [6.45, 7) is 7.08. The lowest BCUT2D eigenvalue weighted by molar-refractivity contribution is 0.0866. The molecule has 1 N–H and O–H groups in total. The largest absolute Gasteiger partial charge is 0.351 e. The Bertz CT molecular complexity index is 700. The summed E-state index contributed by atoms with van der Waals surface area (Å²) in [7, 11) is 2.19. The molecule has 1 saturated heterocycles. The number of carbonyl (C=O) groups is 1. The van der Waals surface area contributed by atoms with Crippen LogP contribution in [0.1, 0.15) is 40.2 Å². The van der Waals surface area contributed by atoms with Crippen molar-refractivity contribution in [3.63, 3.8) is 0 Å². The molecule has 2 aromatic rings. The summed E-state index contributed by atoms with van der Waals surface area (Å²) in [5.74, 6) is 0.0786. The van der Waals surface area contributed by atoms with Crippen molar-refractivity contribution in [1.29, 1.82) is 0 Å². The highest BCUT2D eigenvalue weighted by molar-refractivity contribution is 7.12. The van der Waals surface area contributed by atoms with Gasteiger partial charge in [-0.3, -0.25) is 9.69 Å². The van der Waals surface area contributed by atoms with E-state index in [4.69, 9.17) is 0 Å². The van der Waals surface area contributed by atoms with Crippen LogP contribution in [0.4, 0.5) is 0 Å². The monoisotopic (exact) mass is 371 g/mol. The second-order valence-electron chi connectivity index (χ2n) is 6.96. The van der Waals surface area contributed by atoms with Gasteiger partial charge in [0.1, 0.15) is 0 Å². The zero-order valence-corrected chi connectivity index (χ0v) is 16.6. The molecular weight excluding hydrogens is 342 g/mol. The van der Waals surface area contributed by atoms with Crippen LogP contribution >= 0.6 is 11.3 Å². The van der Waals surface area contributed by atoms with Gasteiger partial charge in [0.25, 0.3) is 5.91 Å². The van der Waals surface area contributed by atoms with Gasteiger partial charge in [0.2, 0.25) is 0 Å². The van der Waals surface area contributed by atoms with Gasteiger partial charge in [-0.25, -0.2) is 0 Å². The van der Waals surface area contributed by atoms with Crippen molar-refractivity contribution in [3.8, 4) is 0 Å². The molecule has 0 spiro atoms. The second-order valence-corrected chi connectivity index (χ2v) is 7.88. The molecule has 26 heavy (non-hydrogen) atoms. The van der Waals surface area contributed by atoms with E-state index >= 15 is 0 Å². The molecule has 0 bridgehead atoms. The molecule has 140 valence electrons. The van der Waals surface area contributed by atoms with Crippen LogP contribution in [0.3, 0.4) is 0 Å². The molecular formula is C21H29N3OS. The van der Waals surface area contributed by atoms with Crippen molar-refractivity contribution in [3.05, 3.63) is 57.8 Å². The number of thiophene rings is 1. The number of amides is 1. The smallest absolute Gasteiger partial charge is 0.261 e. The number of carbonyl (C=O) groups excluding carboxylic acids is 1. The minimum Gasteiger partial charge on any atom is -0.351 e. The van der Waals surface area contributed by atoms with Gasteiger partial charge in [-0.05, 0) is 42.5 Å². The SMILES string of the molecule is CCc1ccsc1C(=O)NCCCN1CCN(C)C[C@@H]1c1ccccc1. The minimum absolute atomic E-state index is 0.0786. The Morgan fingerprint density at radius 1 is 1.23 bits per heavy atom. The fourth-order valence-corrected chi connectivity index (χ4v) is 4.51. The highest BCUT2D eigenvalue weighted by Gasteiger charge is 2.26. The molecule has 4 nitrogen and oxygen atoms in total. The summed E-state index contributed by atoms with van der Waals surface area (Å²) < 4.78 is 0. The quantitative estimate of drug-likeness (QED) is 0.758. The Labute approximate surface area is 160 Å². The fourth-order valence-electron chi connectivity index (χ4n) is 3.59. The van der Waals surface area contributed by atoms with Gasteiger partial charge in [-0.15, -0.1) is 11.3 Å². The molecule has 1 aromatic heterocycles. The molecule has 1 aliphatic rings. The van der Waals surface area contributed by atoms with Crippen LogP contribution < -0.4 is 5.32 Å².